The fourth-order valence-electron chi connectivity index (χ4n) is 11.6. The second-order valence-electron chi connectivity index (χ2n) is 17.3. The van der Waals surface area contributed by atoms with E-state index in [-0.39, 0.29) is 41.6 Å². The van der Waals surface area contributed by atoms with Crippen LogP contribution >= 0.6 is 0 Å². The molecule has 10 aliphatic rings. The Balaban J connectivity index is 1.07. The maximum absolute atomic E-state index is 13.3. The lowest BCUT2D eigenvalue weighted by atomic mass is 9.56. The molecule has 11 heteroatoms. The molecule has 50 heavy (non-hydrogen) atoms. The Kier molecular flexibility index (Phi) is 8.14. The van der Waals surface area contributed by atoms with Crippen molar-refractivity contribution >= 4 is 11.7 Å². The van der Waals surface area contributed by atoms with E-state index in [2.05, 4.69) is 32.9 Å². The second kappa shape index (κ2) is 12.0. The highest BCUT2D eigenvalue weighted by molar-refractivity contribution is 5.92. The van der Waals surface area contributed by atoms with Gasteiger partial charge in [0, 0.05) is 31.1 Å². The van der Waals surface area contributed by atoms with Gasteiger partial charge in [0.2, 0.25) is 11.6 Å². The Morgan fingerprint density at radius 2 is 1.28 bits per heavy atom. The third-order valence-electron chi connectivity index (χ3n) is 14.4. The lowest BCUT2D eigenvalue weighted by Crippen LogP contribution is -2.71. The SMILES string of the molecule is C[C@H]1[C@@H](/C(C[C@H]2O[C@@H]3O[C@]4(C)CC[C@H]5[C@H](C)CC[C@@H]([C@H]2C)C35OO4)=N\OC(=O)c2ccccc2)O[C@@H]2O[C@]3(C)CC[C@H]4[C@H](C)CC[C@@H]1C24OO3. The minimum atomic E-state index is -0.905. The number of hydrogen-bond acceptors (Lipinski definition) is 11. The molecule has 0 aromatic heterocycles. The number of rotatable bonds is 5. The summed E-state index contributed by atoms with van der Waals surface area (Å²) in [7, 11) is 0. The van der Waals surface area contributed by atoms with Gasteiger partial charge < -0.3 is 23.8 Å². The van der Waals surface area contributed by atoms with E-state index in [4.69, 9.17) is 43.3 Å². The van der Waals surface area contributed by atoms with E-state index in [0.717, 1.165) is 51.4 Å². The second-order valence-corrected chi connectivity index (χ2v) is 17.3. The average Bonchev–Trinajstić information content (AvgIpc) is 3.48. The van der Waals surface area contributed by atoms with Gasteiger partial charge in [-0.15, -0.1) is 0 Å². The van der Waals surface area contributed by atoms with Gasteiger partial charge >= 0.3 is 5.97 Å². The largest absolute Gasteiger partial charge is 0.365 e. The normalized spacial score (nSPS) is 52.3. The molecule has 0 radical (unpaired) electrons. The number of carbonyl (C=O) groups is 1. The molecule has 0 amide bonds. The van der Waals surface area contributed by atoms with E-state index >= 15 is 0 Å². The van der Waals surface area contributed by atoms with Crippen LogP contribution in [0, 0.1) is 47.3 Å². The summed E-state index contributed by atoms with van der Waals surface area (Å²) in [5.41, 5.74) is -0.337. The quantitative estimate of drug-likeness (QED) is 0.137. The van der Waals surface area contributed by atoms with Crippen molar-refractivity contribution in [2.24, 2.45) is 52.5 Å². The summed E-state index contributed by atoms with van der Waals surface area (Å²) in [5.74, 6) is -0.583. The molecule has 11 rings (SSSR count). The predicted octanol–water partition coefficient (Wildman–Crippen LogP) is 7.09. The molecule has 16 atom stereocenters. The molecule has 8 saturated heterocycles. The van der Waals surface area contributed by atoms with Gasteiger partial charge in [0.05, 0.1) is 17.4 Å². The summed E-state index contributed by atoms with van der Waals surface area (Å²) in [6.45, 7) is 13.0. The molecule has 2 unspecified atom stereocenters. The van der Waals surface area contributed by atoms with Gasteiger partial charge in [-0.2, -0.15) is 0 Å². The van der Waals surface area contributed by atoms with Crippen molar-refractivity contribution in [3.63, 3.8) is 0 Å². The van der Waals surface area contributed by atoms with Crippen molar-refractivity contribution < 1.29 is 48.1 Å². The molecule has 274 valence electrons. The summed E-state index contributed by atoms with van der Waals surface area (Å²) in [6, 6.07) is 8.95. The monoisotopic (exact) mass is 695 g/mol. The maximum atomic E-state index is 13.3. The molecule has 2 spiro atoms. The molecule has 11 nitrogen and oxygen atoms in total. The summed E-state index contributed by atoms with van der Waals surface area (Å²) in [6.07, 6.45) is 5.88. The fraction of sp³-hybridized carbons (Fsp3) is 0.795. The van der Waals surface area contributed by atoms with Crippen LogP contribution in [0.4, 0.5) is 0 Å². The lowest BCUT2D eigenvalue weighted by molar-refractivity contribution is -0.571. The molecule has 2 aliphatic carbocycles. The van der Waals surface area contributed by atoms with Crippen LogP contribution in [-0.2, 0) is 43.3 Å². The number of carbonyl (C=O) groups excluding carboxylic acids is 1. The Hall–Kier alpha value is -1.96. The van der Waals surface area contributed by atoms with Crippen molar-refractivity contribution in [3.05, 3.63) is 35.9 Å². The first-order valence-corrected chi connectivity index (χ1v) is 19.2. The van der Waals surface area contributed by atoms with Crippen LogP contribution < -0.4 is 0 Å². The minimum Gasteiger partial charge on any atom is -0.345 e. The van der Waals surface area contributed by atoms with Crippen LogP contribution in [0.3, 0.4) is 0 Å². The zero-order chi connectivity index (χ0) is 34.6. The Bertz CT molecular complexity index is 1510. The summed E-state index contributed by atoms with van der Waals surface area (Å²) >= 11 is 0. The Morgan fingerprint density at radius 1 is 0.720 bits per heavy atom. The highest BCUT2D eigenvalue weighted by Gasteiger charge is 2.71. The van der Waals surface area contributed by atoms with Crippen molar-refractivity contribution in [1.29, 1.82) is 0 Å². The van der Waals surface area contributed by atoms with Crippen molar-refractivity contribution in [1.82, 2.24) is 0 Å². The number of fused-ring (bicyclic) bond motifs is 4. The molecule has 10 fully saturated rings. The first-order valence-electron chi connectivity index (χ1n) is 19.2. The Morgan fingerprint density at radius 3 is 1.88 bits per heavy atom. The van der Waals surface area contributed by atoms with Gasteiger partial charge in [-0.3, -0.25) is 0 Å². The summed E-state index contributed by atoms with van der Waals surface area (Å²) in [4.78, 5) is 44.0. The van der Waals surface area contributed by atoms with Gasteiger partial charge in [-0.05, 0) is 100 Å². The van der Waals surface area contributed by atoms with Gasteiger partial charge in [-0.25, -0.2) is 24.3 Å². The molecular weight excluding hydrogens is 642 g/mol. The number of oxime groups is 1. The Labute approximate surface area is 294 Å². The van der Waals surface area contributed by atoms with Crippen LogP contribution in [0.1, 0.15) is 110 Å². The van der Waals surface area contributed by atoms with E-state index in [9.17, 15) is 4.79 Å². The molecular formula is C39H53NO10. The van der Waals surface area contributed by atoms with Crippen LogP contribution in [0.5, 0.6) is 0 Å². The molecule has 0 N–H and O–H groups in total. The van der Waals surface area contributed by atoms with E-state index in [1.807, 2.05) is 32.0 Å². The minimum absolute atomic E-state index is 0.0315. The van der Waals surface area contributed by atoms with E-state index in [1.54, 1.807) is 12.1 Å². The third-order valence-corrected chi connectivity index (χ3v) is 14.4. The highest BCUT2D eigenvalue weighted by atomic mass is 17.3. The lowest BCUT2D eigenvalue weighted by Gasteiger charge is -2.61. The fourth-order valence-corrected chi connectivity index (χ4v) is 11.6. The van der Waals surface area contributed by atoms with Crippen molar-refractivity contribution in [3.8, 4) is 0 Å². The van der Waals surface area contributed by atoms with Gasteiger partial charge in [0.15, 0.2) is 23.8 Å². The summed E-state index contributed by atoms with van der Waals surface area (Å²) < 4.78 is 27.4. The van der Waals surface area contributed by atoms with E-state index in [1.165, 1.54) is 0 Å². The van der Waals surface area contributed by atoms with Gasteiger partial charge in [0.25, 0.3) is 0 Å². The molecule has 8 aliphatic heterocycles. The van der Waals surface area contributed by atoms with Crippen LogP contribution in [0.2, 0.25) is 0 Å². The standard InChI is InChI=1S/C39H53NO10/c1-21-12-14-28-23(3)31(42-34-38(28)26(21)16-18-36(5,44-34)47-49-38)20-30(40-46-33(41)25-10-8-7-9-11-25)32-24(4)29-15-13-22(2)27-17-19-37(6)45-35(43-32)39(27,29)50-48-37/h7-11,21-24,26-29,31-32,34-35H,12-20H2,1-6H3/b40-30-/t21-,22-,23-,24-,26+,27+,28+,29+,31-,32+,34-,35-,36+,37+,38?,39?/m1/s1. The molecule has 2 saturated carbocycles. The average molecular weight is 696 g/mol. The predicted molar refractivity (Wildman–Crippen MR) is 178 cm³/mol. The first-order chi connectivity index (χ1) is 24.0. The van der Waals surface area contributed by atoms with E-state index in [0.29, 0.717) is 29.5 Å². The first kappa shape index (κ1) is 33.8. The van der Waals surface area contributed by atoms with Gasteiger partial charge in [-0.1, -0.05) is 51.0 Å². The molecule has 1 aromatic carbocycles. The van der Waals surface area contributed by atoms with Crippen LogP contribution in [-0.4, -0.2) is 59.2 Å². The van der Waals surface area contributed by atoms with Crippen LogP contribution in [0.15, 0.2) is 35.5 Å². The topological polar surface area (TPSA) is 113 Å². The molecule has 8 heterocycles. The summed E-state index contributed by atoms with van der Waals surface area (Å²) in [5, 5.41) is 4.67. The van der Waals surface area contributed by atoms with Crippen molar-refractivity contribution in [2.45, 2.75) is 147 Å². The third kappa shape index (κ3) is 4.97. The zero-order valence-corrected chi connectivity index (χ0v) is 30.2. The molecule has 1 aromatic rings. The maximum Gasteiger partial charge on any atom is 0.365 e. The number of nitrogens with zero attached hydrogens (tertiary/aromatic N) is 1. The van der Waals surface area contributed by atoms with E-state index < -0.39 is 47.4 Å². The van der Waals surface area contributed by atoms with Gasteiger partial charge in [0.1, 0.15) is 6.10 Å². The number of ether oxygens (including phenoxy) is 4. The smallest absolute Gasteiger partial charge is 0.345 e. The molecule has 4 bridgehead atoms. The van der Waals surface area contributed by atoms with Crippen molar-refractivity contribution in [2.75, 3.05) is 0 Å². The number of benzene rings is 1. The zero-order valence-electron chi connectivity index (χ0n) is 30.2. The van der Waals surface area contributed by atoms with Crippen LogP contribution in [0.25, 0.3) is 0 Å². The number of hydrogen-bond donors (Lipinski definition) is 0. The highest BCUT2D eigenvalue weighted by Crippen LogP contribution is 2.63.